The molecule has 0 bridgehead atoms. The normalized spacial score (nSPS) is 21.9. The molecule has 1 atom stereocenters. The predicted molar refractivity (Wildman–Crippen MR) is 64.3 cm³/mol. The largest absolute Gasteiger partial charge is 0.378 e. The molecular weight excluding hydrogens is 218 g/mol. The van der Waals surface area contributed by atoms with Gasteiger partial charge in [0.1, 0.15) is 6.04 Å². The van der Waals surface area contributed by atoms with Crippen LogP contribution in [0.1, 0.15) is 20.3 Å². The summed E-state index contributed by atoms with van der Waals surface area (Å²) < 4.78 is 5.33. The number of hydrogen-bond acceptors (Lipinski definition) is 4. The Morgan fingerprint density at radius 2 is 2.35 bits per heavy atom. The van der Waals surface area contributed by atoms with Gasteiger partial charge in [0.2, 0.25) is 5.91 Å². The summed E-state index contributed by atoms with van der Waals surface area (Å²) in [6, 6.07) is 2.06. The lowest BCUT2D eigenvalue weighted by molar-refractivity contribution is -0.132. The van der Waals surface area contributed by atoms with Crippen LogP contribution >= 0.6 is 0 Å². The van der Waals surface area contributed by atoms with E-state index in [9.17, 15) is 4.79 Å². The molecule has 0 aromatic carbocycles. The Kier molecular flexibility index (Phi) is 4.91. The van der Waals surface area contributed by atoms with Gasteiger partial charge in [0.25, 0.3) is 0 Å². The van der Waals surface area contributed by atoms with Crippen LogP contribution in [0.2, 0.25) is 0 Å². The van der Waals surface area contributed by atoms with E-state index in [1.54, 1.807) is 7.05 Å². The highest BCUT2D eigenvalue weighted by atomic mass is 16.5. The van der Waals surface area contributed by atoms with Gasteiger partial charge in [-0.3, -0.25) is 9.69 Å². The third-order valence-electron chi connectivity index (χ3n) is 3.12. The highest BCUT2D eigenvalue weighted by molar-refractivity contribution is 5.81. The zero-order valence-corrected chi connectivity index (χ0v) is 10.8. The summed E-state index contributed by atoms with van der Waals surface area (Å²) >= 11 is 0. The number of nitriles is 1. The zero-order chi connectivity index (χ0) is 12.9. The summed E-state index contributed by atoms with van der Waals surface area (Å²) in [7, 11) is 1.63. The highest BCUT2D eigenvalue weighted by Gasteiger charge is 2.30. The average molecular weight is 239 g/mol. The Labute approximate surface area is 103 Å². The first kappa shape index (κ1) is 13.9. The van der Waals surface area contributed by atoms with Gasteiger partial charge >= 0.3 is 0 Å². The van der Waals surface area contributed by atoms with Crippen LogP contribution in [-0.4, -0.2) is 50.2 Å². The molecule has 5 heteroatoms. The minimum atomic E-state index is -0.342. The lowest BCUT2D eigenvalue weighted by atomic mass is 9.91. The Balaban J connectivity index is 2.55. The molecule has 1 N–H and O–H groups in total. The zero-order valence-electron chi connectivity index (χ0n) is 10.8. The van der Waals surface area contributed by atoms with Gasteiger partial charge in [-0.05, 0) is 20.3 Å². The molecule has 0 aromatic heterocycles. The molecule has 1 fully saturated rings. The van der Waals surface area contributed by atoms with Crippen molar-refractivity contribution in [2.75, 3.05) is 33.4 Å². The van der Waals surface area contributed by atoms with Crippen molar-refractivity contribution in [2.24, 2.45) is 5.41 Å². The highest BCUT2D eigenvalue weighted by Crippen LogP contribution is 2.20. The molecule has 1 aliphatic heterocycles. The summed E-state index contributed by atoms with van der Waals surface area (Å²) in [5.74, 6) is -0.0144. The fourth-order valence-corrected chi connectivity index (χ4v) is 1.79. The van der Waals surface area contributed by atoms with E-state index in [0.717, 1.165) is 19.5 Å². The monoisotopic (exact) mass is 239 g/mol. The van der Waals surface area contributed by atoms with Gasteiger partial charge in [-0.2, -0.15) is 5.26 Å². The number of amides is 1. The maximum atomic E-state index is 11.7. The summed E-state index contributed by atoms with van der Waals surface area (Å²) in [6.45, 7) is 6.43. The van der Waals surface area contributed by atoms with Crippen LogP contribution in [0.25, 0.3) is 0 Å². The first-order valence-electron chi connectivity index (χ1n) is 5.95. The number of nitrogens with zero attached hydrogens (tertiary/aromatic N) is 2. The van der Waals surface area contributed by atoms with Crippen LogP contribution in [0.5, 0.6) is 0 Å². The van der Waals surface area contributed by atoms with E-state index in [-0.39, 0.29) is 17.4 Å². The molecule has 0 spiro atoms. The number of ether oxygens (including phenoxy) is 1. The Morgan fingerprint density at radius 3 is 2.94 bits per heavy atom. The summed E-state index contributed by atoms with van der Waals surface area (Å²) in [4.78, 5) is 13.8. The molecule has 0 aromatic rings. The van der Waals surface area contributed by atoms with Crippen molar-refractivity contribution in [2.45, 2.75) is 26.3 Å². The fraction of sp³-hybridized carbons (Fsp3) is 0.833. The number of hydrogen-bond donors (Lipinski definition) is 1. The van der Waals surface area contributed by atoms with Crippen LogP contribution in [0.4, 0.5) is 0 Å². The molecule has 96 valence electrons. The number of likely N-dealkylation sites (N-methyl/N-ethyl adjacent to an activating group) is 1. The lowest BCUT2D eigenvalue weighted by Gasteiger charge is -2.35. The minimum Gasteiger partial charge on any atom is -0.378 e. The minimum absolute atomic E-state index is 0.0144. The van der Waals surface area contributed by atoms with Crippen LogP contribution < -0.4 is 5.32 Å². The summed E-state index contributed by atoms with van der Waals surface area (Å²) in [5, 5.41) is 11.6. The van der Waals surface area contributed by atoms with Gasteiger partial charge in [-0.15, -0.1) is 0 Å². The van der Waals surface area contributed by atoms with Crippen LogP contribution in [0.15, 0.2) is 0 Å². The predicted octanol–water partition coefficient (Wildman–Crippen LogP) is 0.373. The first-order valence-corrected chi connectivity index (χ1v) is 5.95. The average Bonchev–Trinajstić information content (AvgIpc) is 2.36. The maximum Gasteiger partial charge on any atom is 0.239 e. The summed E-state index contributed by atoms with van der Waals surface area (Å²) in [5.41, 5.74) is -0.342. The van der Waals surface area contributed by atoms with Gasteiger partial charge in [0.05, 0.1) is 24.7 Å². The topological polar surface area (TPSA) is 65.4 Å². The van der Waals surface area contributed by atoms with Gasteiger partial charge < -0.3 is 10.1 Å². The van der Waals surface area contributed by atoms with Crippen molar-refractivity contribution in [3.05, 3.63) is 0 Å². The molecule has 1 heterocycles. The summed E-state index contributed by atoms with van der Waals surface area (Å²) in [6.07, 6.45) is 0.761. The molecule has 1 rings (SSSR count). The smallest absolute Gasteiger partial charge is 0.239 e. The number of nitrogens with one attached hydrogen (secondary N) is 1. The van der Waals surface area contributed by atoms with Gasteiger partial charge in [0, 0.05) is 20.1 Å². The van der Waals surface area contributed by atoms with Crippen molar-refractivity contribution in [3.8, 4) is 6.07 Å². The Bertz CT molecular complexity index is 309. The van der Waals surface area contributed by atoms with E-state index >= 15 is 0 Å². The first-order chi connectivity index (χ1) is 8.00. The molecule has 1 aliphatic rings. The molecule has 1 unspecified atom stereocenters. The van der Waals surface area contributed by atoms with Crippen LogP contribution in [0.3, 0.4) is 0 Å². The standard InChI is InChI=1S/C12H21N3O2/c1-12(2,9-13)4-5-15-6-7-17-8-10(15)11(16)14-3/h10H,4-8H2,1-3H3,(H,14,16). The molecule has 5 nitrogen and oxygen atoms in total. The second-order valence-electron chi connectivity index (χ2n) is 4.99. The second-order valence-corrected chi connectivity index (χ2v) is 4.99. The fourth-order valence-electron chi connectivity index (χ4n) is 1.79. The third kappa shape index (κ3) is 3.99. The molecule has 1 amide bonds. The van der Waals surface area contributed by atoms with Gasteiger partial charge in [0.15, 0.2) is 0 Å². The van der Waals surface area contributed by atoms with E-state index in [0.29, 0.717) is 13.2 Å². The maximum absolute atomic E-state index is 11.7. The number of carbonyl (C=O) groups is 1. The molecule has 0 saturated carbocycles. The number of carbonyl (C=O) groups excluding carboxylic acids is 1. The molecular formula is C12H21N3O2. The van der Waals surface area contributed by atoms with Crippen molar-refractivity contribution in [1.82, 2.24) is 10.2 Å². The molecule has 1 saturated heterocycles. The van der Waals surface area contributed by atoms with E-state index < -0.39 is 0 Å². The Hall–Kier alpha value is -1.12. The van der Waals surface area contributed by atoms with Crippen LogP contribution in [0, 0.1) is 16.7 Å². The second kappa shape index (κ2) is 5.99. The van der Waals surface area contributed by atoms with Gasteiger partial charge in [-0.1, -0.05) is 0 Å². The van der Waals surface area contributed by atoms with E-state index in [1.807, 2.05) is 13.8 Å². The van der Waals surface area contributed by atoms with Crippen molar-refractivity contribution in [3.63, 3.8) is 0 Å². The van der Waals surface area contributed by atoms with Crippen LogP contribution in [-0.2, 0) is 9.53 Å². The van der Waals surface area contributed by atoms with Crippen molar-refractivity contribution < 1.29 is 9.53 Å². The van der Waals surface area contributed by atoms with E-state index in [2.05, 4.69) is 16.3 Å². The molecule has 0 radical (unpaired) electrons. The van der Waals surface area contributed by atoms with E-state index in [4.69, 9.17) is 10.00 Å². The lowest BCUT2D eigenvalue weighted by Crippen LogP contribution is -2.53. The Morgan fingerprint density at radius 1 is 1.65 bits per heavy atom. The van der Waals surface area contributed by atoms with Crippen molar-refractivity contribution in [1.29, 1.82) is 5.26 Å². The quantitative estimate of drug-likeness (QED) is 0.770. The van der Waals surface area contributed by atoms with E-state index in [1.165, 1.54) is 0 Å². The molecule has 0 aliphatic carbocycles. The molecule has 17 heavy (non-hydrogen) atoms. The number of morpholine rings is 1. The third-order valence-corrected chi connectivity index (χ3v) is 3.12. The van der Waals surface area contributed by atoms with Gasteiger partial charge in [-0.25, -0.2) is 0 Å². The SMILES string of the molecule is CNC(=O)C1COCCN1CCC(C)(C)C#N. The number of rotatable bonds is 4. The van der Waals surface area contributed by atoms with Crippen molar-refractivity contribution >= 4 is 5.91 Å².